The summed E-state index contributed by atoms with van der Waals surface area (Å²) in [6.45, 7) is 6.16. The van der Waals surface area contributed by atoms with Gasteiger partial charge in [0.1, 0.15) is 0 Å². The summed E-state index contributed by atoms with van der Waals surface area (Å²) in [4.78, 5) is 16.0. The molecule has 0 aliphatic carbocycles. The summed E-state index contributed by atoms with van der Waals surface area (Å²) in [6.07, 6.45) is 0. The van der Waals surface area contributed by atoms with Gasteiger partial charge in [0.15, 0.2) is 0 Å². The fourth-order valence-electron chi connectivity index (χ4n) is 2.01. The summed E-state index contributed by atoms with van der Waals surface area (Å²) < 4.78 is 2.52. The second-order valence-corrected chi connectivity index (χ2v) is 5.39. The molecule has 2 rings (SSSR count). The van der Waals surface area contributed by atoms with Gasteiger partial charge in [-0.25, -0.2) is 4.79 Å². The van der Waals surface area contributed by atoms with E-state index in [1.807, 2.05) is 39.0 Å². The van der Waals surface area contributed by atoms with Crippen molar-refractivity contribution in [2.24, 2.45) is 0 Å². The van der Waals surface area contributed by atoms with Crippen molar-refractivity contribution in [3.8, 4) is 0 Å². The lowest BCUT2D eigenvalue weighted by atomic mass is 10.1. The monoisotopic (exact) mass is 321 g/mol. The molecule has 4 nitrogen and oxygen atoms in total. The Bertz CT molecular complexity index is 692. The van der Waals surface area contributed by atoms with Crippen LogP contribution in [-0.4, -0.2) is 9.55 Å². The number of anilines is 1. The van der Waals surface area contributed by atoms with Crippen LogP contribution in [-0.2, 0) is 6.54 Å². The van der Waals surface area contributed by atoms with Crippen LogP contribution in [0.25, 0.3) is 0 Å². The lowest BCUT2D eigenvalue weighted by Crippen LogP contribution is -2.27. The van der Waals surface area contributed by atoms with Crippen LogP contribution in [0, 0.1) is 20.8 Å². The Morgan fingerprint density at radius 2 is 2.00 bits per heavy atom. The molecule has 0 saturated carbocycles. The van der Waals surface area contributed by atoms with E-state index in [9.17, 15) is 4.79 Å². The number of nitrogens with two attached hydrogens (primary N) is 1. The van der Waals surface area contributed by atoms with E-state index in [0.717, 1.165) is 27.0 Å². The highest BCUT2D eigenvalue weighted by Gasteiger charge is 2.11. The van der Waals surface area contributed by atoms with Gasteiger partial charge in [-0.15, -0.1) is 0 Å². The van der Waals surface area contributed by atoms with Gasteiger partial charge in [-0.05, 0) is 53.9 Å². The summed E-state index contributed by atoms with van der Waals surface area (Å²) in [5, 5.41) is 0. The Hall–Kier alpha value is -1.62. The molecule has 0 radical (unpaired) electrons. The Morgan fingerprint density at radius 3 is 2.68 bits per heavy atom. The number of aryl methyl sites for hydroxylation is 1. The zero-order chi connectivity index (χ0) is 14.2. The van der Waals surface area contributed by atoms with Crippen LogP contribution >= 0.6 is 15.9 Å². The summed E-state index contributed by atoms with van der Waals surface area (Å²) in [5.74, 6) is 0. The van der Waals surface area contributed by atoms with Crippen molar-refractivity contribution in [1.82, 2.24) is 9.55 Å². The van der Waals surface area contributed by atoms with Gasteiger partial charge in [0, 0.05) is 11.4 Å². The highest BCUT2D eigenvalue weighted by atomic mass is 79.9. The van der Waals surface area contributed by atoms with E-state index in [0.29, 0.717) is 12.2 Å². The Labute approximate surface area is 120 Å². The molecular weight excluding hydrogens is 306 g/mol. The first kappa shape index (κ1) is 13.8. The second kappa shape index (κ2) is 5.17. The van der Waals surface area contributed by atoms with Crippen LogP contribution in [0.1, 0.15) is 22.5 Å². The van der Waals surface area contributed by atoms with Gasteiger partial charge in [-0.2, -0.15) is 4.98 Å². The van der Waals surface area contributed by atoms with E-state index in [-0.39, 0.29) is 5.69 Å². The molecule has 1 aromatic carbocycles. The molecule has 0 amide bonds. The number of nitrogen functional groups attached to an aromatic ring is 1. The molecule has 1 heterocycles. The van der Waals surface area contributed by atoms with Crippen LogP contribution in [0.4, 0.5) is 5.69 Å². The first-order valence-corrected chi connectivity index (χ1v) is 6.78. The van der Waals surface area contributed by atoms with Gasteiger partial charge in [0.25, 0.3) is 0 Å². The fourth-order valence-corrected chi connectivity index (χ4v) is 2.31. The average molecular weight is 322 g/mol. The summed E-state index contributed by atoms with van der Waals surface area (Å²) in [7, 11) is 0. The summed E-state index contributed by atoms with van der Waals surface area (Å²) in [5.41, 5.74) is 10.0. The first-order valence-electron chi connectivity index (χ1n) is 5.99. The van der Waals surface area contributed by atoms with Crippen LogP contribution in [0.3, 0.4) is 0 Å². The number of benzene rings is 1. The van der Waals surface area contributed by atoms with Gasteiger partial charge in [-0.1, -0.05) is 12.1 Å². The van der Waals surface area contributed by atoms with Gasteiger partial charge < -0.3 is 5.73 Å². The number of hydrogen-bond acceptors (Lipinski definition) is 3. The molecule has 2 N–H and O–H groups in total. The van der Waals surface area contributed by atoms with Crippen LogP contribution < -0.4 is 11.4 Å². The van der Waals surface area contributed by atoms with Crippen molar-refractivity contribution in [2.75, 3.05) is 5.73 Å². The number of halogens is 1. The molecule has 0 fully saturated rings. The third kappa shape index (κ3) is 2.56. The van der Waals surface area contributed by atoms with Gasteiger partial charge in [0.05, 0.1) is 16.7 Å². The van der Waals surface area contributed by atoms with Gasteiger partial charge >= 0.3 is 5.69 Å². The molecule has 2 aromatic rings. The molecule has 0 unspecified atom stereocenters. The third-order valence-corrected chi connectivity index (χ3v) is 4.50. The SMILES string of the molecule is Cc1nc(=O)n(Cc2cccc(N)c2C)c(C)c1Br. The highest BCUT2D eigenvalue weighted by molar-refractivity contribution is 9.10. The molecule has 0 atom stereocenters. The number of aromatic nitrogens is 2. The molecule has 0 aliphatic heterocycles. The van der Waals surface area contributed by atoms with Crippen molar-refractivity contribution < 1.29 is 0 Å². The molecule has 0 bridgehead atoms. The zero-order valence-electron chi connectivity index (χ0n) is 11.2. The second-order valence-electron chi connectivity index (χ2n) is 4.60. The molecule has 1 aromatic heterocycles. The van der Waals surface area contributed by atoms with E-state index in [1.54, 1.807) is 4.57 Å². The molecule has 5 heteroatoms. The molecular formula is C14H16BrN3O. The van der Waals surface area contributed by atoms with Gasteiger partial charge in [0.2, 0.25) is 0 Å². The Balaban J connectivity index is 2.53. The molecule has 19 heavy (non-hydrogen) atoms. The number of rotatable bonds is 2. The van der Waals surface area contributed by atoms with E-state index in [2.05, 4.69) is 20.9 Å². The number of nitrogens with zero attached hydrogens (tertiary/aromatic N) is 2. The normalized spacial score (nSPS) is 10.7. The van der Waals surface area contributed by atoms with Gasteiger partial charge in [-0.3, -0.25) is 4.57 Å². The predicted octanol–water partition coefficient (Wildman–Crippen LogP) is 2.56. The van der Waals surface area contributed by atoms with Crippen molar-refractivity contribution in [3.63, 3.8) is 0 Å². The molecule has 0 aliphatic rings. The predicted molar refractivity (Wildman–Crippen MR) is 80.4 cm³/mol. The quantitative estimate of drug-likeness (QED) is 0.865. The Morgan fingerprint density at radius 1 is 1.32 bits per heavy atom. The third-order valence-electron chi connectivity index (χ3n) is 3.35. The first-order chi connectivity index (χ1) is 8.91. The maximum absolute atomic E-state index is 12.0. The fraction of sp³-hybridized carbons (Fsp3) is 0.286. The average Bonchev–Trinajstić information content (AvgIpc) is 2.37. The molecule has 0 saturated heterocycles. The van der Waals surface area contributed by atoms with Crippen LogP contribution in [0.15, 0.2) is 27.5 Å². The highest BCUT2D eigenvalue weighted by Crippen LogP contribution is 2.20. The van der Waals surface area contributed by atoms with Crippen molar-refractivity contribution in [2.45, 2.75) is 27.3 Å². The standard InChI is InChI=1S/C14H16BrN3O/c1-8-11(5-4-6-12(8)16)7-18-10(3)13(15)9(2)17-14(18)19/h4-6H,7,16H2,1-3H3. The lowest BCUT2D eigenvalue weighted by molar-refractivity contribution is 0.686. The topological polar surface area (TPSA) is 60.9 Å². The van der Waals surface area contributed by atoms with E-state index in [4.69, 9.17) is 5.73 Å². The van der Waals surface area contributed by atoms with E-state index < -0.39 is 0 Å². The Kier molecular flexibility index (Phi) is 3.75. The van der Waals surface area contributed by atoms with E-state index >= 15 is 0 Å². The maximum Gasteiger partial charge on any atom is 0.348 e. The van der Waals surface area contributed by atoms with Crippen molar-refractivity contribution in [1.29, 1.82) is 0 Å². The van der Waals surface area contributed by atoms with E-state index in [1.165, 1.54) is 0 Å². The lowest BCUT2D eigenvalue weighted by Gasteiger charge is -2.14. The maximum atomic E-state index is 12.0. The molecule has 0 spiro atoms. The number of hydrogen-bond donors (Lipinski definition) is 1. The largest absolute Gasteiger partial charge is 0.399 e. The zero-order valence-corrected chi connectivity index (χ0v) is 12.8. The van der Waals surface area contributed by atoms with Crippen molar-refractivity contribution in [3.05, 3.63) is 55.7 Å². The summed E-state index contributed by atoms with van der Waals surface area (Å²) >= 11 is 3.46. The van der Waals surface area contributed by atoms with Crippen LogP contribution in [0.5, 0.6) is 0 Å². The van der Waals surface area contributed by atoms with Crippen LogP contribution in [0.2, 0.25) is 0 Å². The minimum atomic E-state index is -0.236. The molecule has 100 valence electrons. The smallest absolute Gasteiger partial charge is 0.348 e. The minimum absolute atomic E-state index is 0.236. The van der Waals surface area contributed by atoms with Crippen molar-refractivity contribution >= 4 is 21.6 Å². The minimum Gasteiger partial charge on any atom is -0.399 e. The summed E-state index contributed by atoms with van der Waals surface area (Å²) in [6, 6.07) is 5.73.